The quantitative estimate of drug-likeness (QED) is 0.837. The van der Waals surface area contributed by atoms with Crippen LogP contribution in [0, 0.1) is 0 Å². The number of hydrogen-bond acceptors (Lipinski definition) is 4. The molecule has 3 N–H and O–H groups in total. The number of nitrogens with one attached hydrogen (secondary N) is 1. The van der Waals surface area contributed by atoms with Crippen molar-refractivity contribution in [1.29, 1.82) is 0 Å². The lowest BCUT2D eigenvalue weighted by atomic mass is 9.99. The SMILES string of the molecule is NC1(c2ncc(-c3nccs3)[nH]2)CCCC1. The Morgan fingerprint density at radius 1 is 1.31 bits per heavy atom. The minimum absolute atomic E-state index is 0.241. The van der Waals surface area contributed by atoms with E-state index >= 15 is 0 Å². The van der Waals surface area contributed by atoms with Crippen molar-refractivity contribution in [3.05, 3.63) is 23.6 Å². The molecule has 2 aromatic heterocycles. The zero-order valence-corrected chi connectivity index (χ0v) is 9.76. The first-order chi connectivity index (χ1) is 7.78. The number of nitrogens with zero attached hydrogens (tertiary/aromatic N) is 2. The normalized spacial score (nSPS) is 19.1. The highest BCUT2D eigenvalue weighted by Gasteiger charge is 2.34. The van der Waals surface area contributed by atoms with E-state index in [-0.39, 0.29) is 5.54 Å². The molecule has 0 aliphatic heterocycles. The highest BCUT2D eigenvalue weighted by atomic mass is 32.1. The molecular formula is C11H14N4S. The van der Waals surface area contributed by atoms with Gasteiger partial charge in [-0.05, 0) is 12.8 Å². The molecule has 0 spiro atoms. The zero-order valence-electron chi connectivity index (χ0n) is 8.94. The Morgan fingerprint density at radius 3 is 2.81 bits per heavy atom. The number of H-pyrrole nitrogens is 1. The summed E-state index contributed by atoms with van der Waals surface area (Å²) in [6.45, 7) is 0. The number of hydrogen-bond donors (Lipinski definition) is 2. The molecule has 2 aromatic rings. The van der Waals surface area contributed by atoms with Crippen molar-refractivity contribution >= 4 is 11.3 Å². The molecule has 16 heavy (non-hydrogen) atoms. The number of imidazole rings is 1. The second kappa shape index (κ2) is 3.68. The van der Waals surface area contributed by atoms with Crippen LogP contribution in [0.1, 0.15) is 31.5 Å². The molecule has 4 nitrogen and oxygen atoms in total. The molecule has 1 aliphatic carbocycles. The predicted molar refractivity (Wildman–Crippen MR) is 64.0 cm³/mol. The van der Waals surface area contributed by atoms with Crippen LogP contribution < -0.4 is 5.73 Å². The summed E-state index contributed by atoms with van der Waals surface area (Å²) < 4.78 is 0. The van der Waals surface area contributed by atoms with Crippen molar-refractivity contribution in [3.8, 4) is 10.7 Å². The van der Waals surface area contributed by atoms with E-state index in [2.05, 4.69) is 15.0 Å². The molecule has 1 aliphatic rings. The predicted octanol–water partition coefficient (Wildman–Crippen LogP) is 2.26. The lowest BCUT2D eigenvalue weighted by Gasteiger charge is -2.20. The summed E-state index contributed by atoms with van der Waals surface area (Å²) in [5.41, 5.74) is 7.07. The third-order valence-electron chi connectivity index (χ3n) is 3.21. The van der Waals surface area contributed by atoms with E-state index in [4.69, 9.17) is 5.73 Å². The van der Waals surface area contributed by atoms with Gasteiger partial charge >= 0.3 is 0 Å². The van der Waals surface area contributed by atoms with E-state index < -0.39 is 0 Å². The van der Waals surface area contributed by atoms with Crippen molar-refractivity contribution in [3.63, 3.8) is 0 Å². The summed E-state index contributed by atoms with van der Waals surface area (Å²) in [7, 11) is 0. The average Bonchev–Trinajstić information content (AvgIpc) is 2.98. The maximum absolute atomic E-state index is 6.34. The van der Waals surface area contributed by atoms with Crippen LogP contribution in [0.3, 0.4) is 0 Å². The van der Waals surface area contributed by atoms with Crippen LogP contribution in [-0.4, -0.2) is 15.0 Å². The van der Waals surface area contributed by atoms with Gasteiger partial charge in [-0.1, -0.05) is 12.8 Å². The molecule has 0 amide bonds. The molecule has 5 heteroatoms. The Kier molecular flexibility index (Phi) is 2.29. The van der Waals surface area contributed by atoms with Gasteiger partial charge in [0.05, 0.1) is 17.4 Å². The van der Waals surface area contributed by atoms with Gasteiger partial charge in [0.15, 0.2) is 0 Å². The largest absolute Gasteiger partial charge is 0.338 e. The fourth-order valence-corrected chi connectivity index (χ4v) is 2.89. The van der Waals surface area contributed by atoms with Gasteiger partial charge in [-0.3, -0.25) is 0 Å². The summed E-state index contributed by atoms with van der Waals surface area (Å²) in [4.78, 5) is 12.0. The van der Waals surface area contributed by atoms with E-state index in [9.17, 15) is 0 Å². The number of thiazole rings is 1. The fraction of sp³-hybridized carbons (Fsp3) is 0.455. The van der Waals surface area contributed by atoms with Crippen molar-refractivity contribution in [2.45, 2.75) is 31.2 Å². The Hall–Kier alpha value is -1.20. The Bertz CT molecular complexity index is 468. The minimum Gasteiger partial charge on any atom is -0.338 e. The van der Waals surface area contributed by atoms with Gasteiger partial charge in [-0.25, -0.2) is 9.97 Å². The van der Waals surface area contributed by atoms with Crippen LogP contribution in [0.2, 0.25) is 0 Å². The lowest BCUT2D eigenvalue weighted by Crippen LogP contribution is -2.34. The maximum Gasteiger partial charge on any atom is 0.141 e. The maximum atomic E-state index is 6.34. The van der Waals surface area contributed by atoms with Crippen molar-refractivity contribution in [2.75, 3.05) is 0 Å². The average molecular weight is 234 g/mol. The second-order valence-electron chi connectivity index (χ2n) is 4.35. The van der Waals surface area contributed by atoms with Crippen LogP contribution in [0.25, 0.3) is 10.7 Å². The van der Waals surface area contributed by atoms with E-state index in [0.717, 1.165) is 29.4 Å². The Morgan fingerprint density at radius 2 is 2.12 bits per heavy atom. The first-order valence-corrected chi connectivity index (χ1v) is 6.40. The third kappa shape index (κ3) is 1.56. The lowest BCUT2D eigenvalue weighted by molar-refractivity contribution is 0.436. The molecule has 0 bridgehead atoms. The number of rotatable bonds is 2. The van der Waals surface area contributed by atoms with Gasteiger partial charge < -0.3 is 10.7 Å². The highest BCUT2D eigenvalue weighted by molar-refractivity contribution is 7.13. The fourth-order valence-electron chi connectivity index (χ4n) is 2.28. The number of aromatic amines is 1. The van der Waals surface area contributed by atoms with Gasteiger partial charge in [0, 0.05) is 11.6 Å². The molecule has 0 aromatic carbocycles. The minimum atomic E-state index is -0.241. The molecule has 0 unspecified atom stereocenters. The second-order valence-corrected chi connectivity index (χ2v) is 5.24. The van der Waals surface area contributed by atoms with Crippen LogP contribution in [0.5, 0.6) is 0 Å². The molecule has 1 saturated carbocycles. The molecule has 1 fully saturated rings. The van der Waals surface area contributed by atoms with Crippen molar-refractivity contribution in [1.82, 2.24) is 15.0 Å². The van der Waals surface area contributed by atoms with E-state index in [1.807, 2.05) is 11.6 Å². The van der Waals surface area contributed by atoms with E-state index in [0.29, 0.717) is 0 Å². The summed E-state index contributed by atoms with van der Waals surface area (Å²) in [6, 6.07) is 0. The van der Waals surface area contributed by atoms with E-state index in [1.54, 1.807) is 17.5 Å². The van der Waals surface area contributed by atoms with Gasteiger partial charge in [-0.2, -0.15) is 0 Å². The Labute approximate surface area is 97.9 Å². The van der Waals surface area contributed by atoms with Gasteiger partial charge in [0.2, 0.25) is 0 Å². The number of aromatic nitrogens is 3. The van der Waals surface area contributed by atoms with E-state index in [1.165, 1.54) is 12.8 Å². The topological polar surface area (TPSA) is 67.6 Å². The zero-order chi connectivity index (χ0) is 11.0. The molecule has 0 radical (unpaired) electrons. The monoisotopic (exact) mass is 234 g/mol. The summed E-state index contributed by atoms with van der Waals surface area (Å²) in [5.74, 6) is 0.912. The standard InChI is InChI=1S/C11H14N4S/c12-11(3-1-2-4-11)10-14-7-8(15-10)9-13-5-6-16-9/h5-7H,1-4,12H2,(H,14,15). The molecule has 2 heterocycles. The van der Waals surface area contributed by atoms with Crippen LogP contribution in [0.4, 0.5) is 0 Å². The molecule has 0 atom stereocenters. The van der Waals surface area contributed by atoms with Crippen LogP contribution in [-0.2, 0) is 5.54 Å². The number of nitrogens with two attached hydrogens (primary N) is 1. The Balaban J connectivity index is 1.93. The van der Waals surface area contributed by atoms with Crippen molar-refractivity contribution in [2.24, 2.45) is 5.73 Å². The van der Waals surface area contributed by atoms with Crippen molar-refractivity contribution < 1.29 is 0 Å². The van der Waals surface area contributed by atoms with Gasteiger partial charge in [0.1, 0.15) is 10.8 Å². The summed E-state index contributed by atoms with van der Waals surface area (Å²) in [5, 5.41) is 2.93. The first-order valence-electron chi connectivity index (χ1n) is 5.52. The summed E-state index contributed by atoms with van der Waals surface area (Å²) in [6.07, 6.45) is 8.08. The van der Waals surface area contributed by atoms with Crippen LogP contribution in [0.15, 0.2) is 17.8 Å². The molecule has 0 saturated heterocycles. The molecular weight excluding hydrogens is 220 g/mol. The molecule has 84 valence electrons. The van der Waals surface area contributed by atoms with Gasteiger partial charge in [-0.15, -0.1) is 11.3 Å². The first kappa shape index (κ1) is 9.99. The molecule has 3 rings (SSSR count). The van der Waals surface area contributed by atoms with Gasteiger partial charge in [0.25, 0.3) is 0 Å². The smallest absolute Gasteiger partial charge is 0.141 e. The summed E-state index contributed by atoms with van der Waals surface area (Å²) >= 11 is 1.61. The third-order valence-corrected chi connectivity index (χ3v) is 4.01. The highest BCUT2D eigenvalue weighted by Crippen LogP contribution is 2.35. The van der Waals surface area contributed by atoms with Crippen LogP contribution >= 0.6 is 11.3 Å².